The van der Waals surface area contributed by atoms with Crippen LogP contribution in [0, 0.1) is 0 Å². The quantitative estimate of drug-likeness (QED) is 0.0434. The van der Waals surface area contributed by atoms with E-state index in [1.165, 1.54) is 134 Å². The highest BCUT2D eigenvalue weighted by molar-refractivity contribution is 7.80. The molecule has 8 nitrogen and oxygen atoms in total. The normalized spacial score (nSPS) is 16.6. The Hall–Kier alpha value is -1.03. The van der Waals surface area contributed by atoms with Gasteiger partial charge in [-0.1, -0.05) is 136 Å². The third-order valence-corrected chi connectivity index (χ3v) is 8.81. The fraction of sp³-hybridized carbons (Fsp3) is 0.939. The van der Waals surface area contributed by atoms with Gasteiger partial charge in [0.05, 0.1) is 27.2 Å². The van der Waals surface area contributed by atoms with Gasteiger partial charge in [0.15, 0.2) is 5.84 Å². The minimum Gasteiger partial charge on any atom is -0.726 e. The van der Waals surface area contributed by atoms with Gasteiger partial charge >= 0.3 is 0 Å². The van der Waals surface area contributed by atoms with Crippen molar-refractivity contribution in [2.45, 2.75) is 162 Å². The molecule has 1 heterocycles. The Morgan fingerprint density at radius 1 is 0.786 bits per heavy atom. The molecule has 1 unspecified atom stereocenters. The molecule has 9 heteroatoms. The van der Waals surface area contributed by atoms with Crippen LogP contribution in [0.3, 0.4) is 0 Å². The smallest absolute Gasteiger partial charge is 0.220 e. The summed E-state index contributed by atoms with van der Waals surface area (Å²) in [6, 6.07) is 0. The van der Waals surface area contributed by atoms with Crippen molar-refractivity contribution in [2.75, 3.05) is 40.3 Å². The summed E-state index contributed by atoms with van der Waals surface area (Å²) >= 11 is 0. The van der Waals surface area contributed by atoms with Crippen LogP contribution in [0.5, 0.6) is 0 Å². The maximum Gasteiger partial charge on any atom is 0.220 e. The number of amides is 1. The van der Waals surface area contributed by atoms with Crippen LogP contribution in [0.15, 0.2) is 4.99 Å². The average Bonchev–Trinajstić information content (AvgIpc) is 3.32. The van der Waals surface area contributed by atoms with E-state index in [4.69, 9.17) is 4.99 Å². The van der Waals surface area contributed by atoms with E-state index in [1.807, 2.05) is 0 Å². The number of carbonyl (C=O) groups is 1. The Bertz CT molecular complexity index is 776. The largest absolute Gasteiger partial charge is 0.726 e. The average molecular weight is 618 g/mol. The predicted molar refractivity (Wildman–Crippen MR) is 175 cm³/mol. The number of nitrogens with zero attached hydrogens (tertiary/aromatic N) is 2. The Morgan fingerprint density at radius 2 is 1.19 bits per heavy atom. The molecule has 0 aromatic carbocycles. The molecule has 1 aliphatic rings. The second kappa shape index (κ2) is 27.5. The molecular formula is C33H67N3O5S. The zero-order valence-corrected chi connectivity index (χ0v) is 28.8. The second-order valence-electron chi connectivity index (χ2n) is 12.3. The highest BCUT2D eigenvalue weighted by Gasteiger charge is 2.32. The molecule has 0 saturated heterocycles. The first-order chi connectivity index (χ1) is 20.2. The van der Waals surface area contributed by atoms with Crippen molar-refractivity contribution in [3.63, 3.8) is 0 Å². The van der Waals surface area contributed by atoms with Crippen molar-refractivity contribution in [3.8, 4) is 0 Å². The standard InChI is InChI=1S/C32H63N3O.CH4O4S/c1-4-6-8-10-12-14-16-18-20-22-24-26-32(36)34-28-30-35(3)29-27-33-31(35)25-23-21-19-17-15-13-11-9-7-5-2;1-5-6(2,3)4/h4-30H2,1-3H3;1H3,(H,2,3,4). The Kier molecular flexibility index (Phi) is 26.8. The monoisotopic (exact) mass is 617 g/mol. The molecule has 0 aromatic rings. The van der Waals surface area contributed by atoms with Crippen LogP contribution < -0.4 is 5.32 Å². The van der Waals surface area contributed by atoms with E-state index < -0.39 is 10.4 Å². The highest BCUT2D eigenvalue weighted by Crippen LogP contribution is 2.18. The van der Waals surface area contributed by atoms with Gasteiger partial charge in [-0.2, -0.15) is 0 Å². The molecule has 1 N–H and O–H groups in total. The molecule has 250 valence electrons. The van der Waals surface area contributed by atoms with Crippen molar-refractivity contribution in [2.24, 2.45) is 4.99 Å². The van der Waals surface area contributed by atoms with Crippen LogP contribution >= 0.6 is 0 Å². The van der Waals surface area contributed by atoms with Crippen LogP contribution in [0.2, 0.25) is 0 Å². The summed E-state index contributed by atoms with van der Waals surface area (Å²) in [4.78, 5) is 17.1. The molecule has 42 heavy (non-hydrogen) atoms. The number of hydrogen-bond acceptors (Lipinski definition) is 6. The topological polar surface area (TPSA) is 108 Å². The highest BCUT2D eigenvalue weighted by atomic mass is 32.3. The molecule has 0 fully saturated rings. The molecule has 0 radical (unpaired) electrons. The van der Waals surface area contributed by atoms with E-state index in [2.05, 4.69) is 30.4 Å². The summed E-state index contributed by atoms with van der Waals surface area (Å²) in [5.41, 5.74) is 0. The van der Waals surface area contributed by atoms with E-state index in [0.29, 0.717) is 6.42 Å². The Labute approximate surface area is 260 Å². The summed E-state index contributed by atoms with van der Waals surface area (Å²) in [5, 5.41) is 3.19. The summed E-state index contributed by atoms with van der Waals surface area (Å²) < 4.78 is 32.0. The van der Waals surface area contributed by atoms with E-state index in [0.717, 1.165) is 50.6 Å². The molecule has 1 amide bonds. The molecule has 0 saturated carbocycles. The van der Waals surface area contributed by atoms with Crippen LogP contribution in [0.25, 0.3) is 0 Å². The lowest BCUT2D eigenvalue weighted by Crippen LogP contribution is -2.51. The van der Waals surface area contributed by atoms with Gasteiger partial charge in [-0.3, -0.25) is 13.5 Å². The fourth-order valence-corrected chi connectivity index (χ4v) is 5.54. The maximum absolute atomic E-state index is 12.3. The Morgan fingerprint density at radius 3 is 1.62 bits per heavy atom. The molecule has 0 aromatic heterocycles. The van der Waals surface area contributed by atoms with E-state index >= 15 is 0 Å². The van der Waals surface area contributed by atoms with Crippen LogP contribution in [0.4, 0.5) is 0 Å². The summed E-state index contributed by atoms with van der Waals surface area (Å²) in [5.74, 6) is 1.61. The lowest BCUT2D eigenvalue weighted by molar-refractivity contribution is -0.814. The van der Waals surface area contributed by atoms with Gasteiger partial charge < -0.3 is 9.87 Å². The van der Waals surface area contributed by atoms with Crippen molar-refractivity contribution >= 4 is 22.1 Å². The Balaban J connectivity index is 0.00000252. The summed E-state index contributed by atoms with van der Waals surface area (Å²) in [6.45, 7) is 8.39. The number of unbranched alkanes of at least 4 members (excludes halogenated alkanes) is 19. The van der Waals surface area contributed by atoms with Crippen molar-refractivity contribution in [1.29, 1.82) is 0 Å². The second-order valence-corrected chi connectivity index (χ2v) is 13.4. The molecule has 1 aliphatic heterocycles. The van der Waals surface area contributed by atoms with Gasteiger partial charge in [-0.25, -0.2) is 13.4 Å². The lowest BCUT2D eigenvalue weighted by Gasteiger charge is -2.30. The van der Waals surface area contributed by atoms with Crippen LogP contribution in [0.1, 0.15) is 162 Å². The third kappa shape index (κ3) is 25.5. The molecule has 0 spiro atoms. The molecular weight excluding hydrogens is 550 g/mol. The summed E-state index contributed by atoms with van der Waals surface area (Å²) in [6.07, 6.45) is 30.3. The van der Waals surface area contributed by atoms with Gasteiger partial charge in [0, 0.05) is 12.8 Å². The zero-order chi connectivity index (χ0) is 31.4. The number of nitrogens with one attached hydrogen (secondary N) is 1. The van der Waals surface area contributed by atoms with Crippen molar-refractivity contribution < 1.29 is 26.4 Å². The first-order valence-corrected chi connectivity index (χ1v) is 18.7. The van der Waals surface area contributed by atoms with Crippen molar-refractivity contribution in [1.82, 2.24) is 5.32 Å². The van der Waals surface area contributed by atoms with E-state index in [9.17, 15) is 17.8 Å². The van der Waals surface area contributed by atoms with Gasteiger partial charge in [-0.05, 0) is 12.8 Å². The van der Waals surface area contributed by atoms with Crippen LogP contribution in [-0.4, -0.2) is 69.5 Å². The van der Waals surface area contributed by atoms with Gasteiger partial charge in [0.25, 0.3) is 0 Å². The fourth-order valence-electron chi connectivity index (χ4n) is 5.54. The number of amidine groups is 1. The lowest BCUT2D eigenvalue weighted by atomic mass is 10.1. The maximum atomic E-state index is 12.3. The first-order valence-electron chi connectivity index (χ1n) is 17.3. The molecule has 0 bridgehead atoms. The van der Waals surface area contributed by atoms with Gasteiger partial charge in [0.2, 0.25) is 16.3 Å². The zero-order valence-electron chi connectivity index (χ0n) is 27.9. The molecule has 0 aliphatic carbocycles. The van der Waals surface area contributed by atoms with E-state index in [-0.39, 0.29) is 5.91 Å². The number of aliphatic imine (C=N–C) groups is 1. The SMILES string of the molecule is CCCCCCCCCCCCCC(=O)NCC[N+]1(C)CCN=C1CCCCCCCCCCCC.COS(=O)(=O)[O-]. The summed E-state index contributed by atoms with van der Waals surface area (Å²) in [7, 11) is -1.29. The molecule has 1 rings (SSSR count). The first kappa shape index (κ1) is 41.0. The predicted octanol–water partition coefficient (Wildman–Crippen LogP) is 8.07. The van der Waals surface area contributed by atoms with Gasteiger partial charge in [-0.15, -0.1) is 0 Å². The number of carbonyl (C=O) groups excluding carboxylic acids is 1. The van der Waals surface area contributed by atoms with Crippen molar-refractivity contribution in [3.05, 3.63) is 0 Å². The minimum absolute atomic E-state index is 0.241. The van der Waals surface area contributed by atoms with Gasteiger partial charge in [0.1, 0.15) is 13.1 Å². The number of rotatable bonds is 27. The number of hydrogen-bond donors (Lipinski definition) is 1. The minimum atomic E-state index is -4.41. The number of quaternary nitrogens is 1. The third-order valence-electron chi connectivity index (χ3n) is 8.40. The molecule has 1 atom stereocenters. The van der Waals surface area contributed by atoms with E-state index in [1.54, 1.807) is 0 Å². The van der Waals surface area contributed by atoms with Crippen LogP contribution in [-0.2, 0) is 19.4 Å². The number of likely N-dealkylation sites (N-methyl/N-ethyl adjacent to an activating group) is 1.